The molecule has 0 unspecified atom stereocenters. The van der Waals surface area contributed by atoms with Gasteiger partial charge in [0.1, 0.15) is 0 Å². The van der Waals surface area contributed by atoms with Gasteiger partial charge in [0.25, 0.3) is 5.56 Å². The number of hydrogen-bond donors (Lipinski definition) is 0. The first-order valence-electron chi connectivity index (χ1n) is 8.24. The predicted octanol–water partition coefficient (Wildman–Crippen LogP) is 4.51. The van der Waals surface area contributed by atoms with Gasteiger partial charge >= 0.3 is 0 Å². The van der Waals surface area contributed by atoms with Gasteiger partial charge in [0, 0.05) is 12.2 Å². The lowest BCUT2D eigenvalue weighted by Crippen LogP contribution is -2.23. The third-order valence-electron chi connectivity index (χ3n) is 3.99. The Balaban J connectivity index is 2.29. The van der Waals surface area contributed by atoms with E-state index in [4.69, 9.17) is 10.2 Å². The number of aromatic nitrogens is 2. The monoisotopic (exact) mass is 349 g/mol. The van der Waals surface area contributed by atoms with Crippen LogP contribution in [0.5, 0.6) is 0 Å². The van der Waals surface area contributed by atoms with Crippen LogP contribution in [0.4, 0.5) is 0 Å². The fourth-order valence-corrected chi connectivity index (χ4v) is 3.64. The highest BCUT2D eigenvalue weighted by atomic mass is 32.2. The number of benzene rings is 2. The van der Waals surface area contributed by atoms with Gasteiger partial charge < -0.3 is 0 Å². The van der Waals surface area contributed by atoms with Crippen molar-refractivity contribution in [3.05, 3.63) is 64.4 Å². The number of thioether (sulfide) groups is 1. The number of hydrogen-bond acceptors (Lipinski definition) is 4. The second kappa shape index (κ2) is 7.54. The number of nitriles is 1. The second-order valence-corrected chi connectivity index (χ2v) is 7.08. The summed E-state index contributed by atoms with van der Waals surface area (Å²) in [4.78, 5) is 17.9. The Bertz CT molecular complexity index is 1000. The summed E-state index contributed by atoms with van der Waals surface area (Å²) in [5, 5.41) is 10.1. The summed E-state index contributed by atoms with van der Waals surface area (Å²) in [7, 11) is 0. The van der Waals surface area contributed by atoms with Crippen LogP contribution in [0.25, 0.3) is 16.6 Å². The molecule has 3 aromatic rings. The van der Waals surface area contributed by atoms with Gasteiger partial charge in [-0.05, 0) is 29.7 Å². The Hall–Kier alpha value is -2.58. The fraction of sp³-hybridized carbons (Fsp3) is 0.250. The SMILES string of the molecule is CC(C)c1ccccc1-n1c(SCCC#N)nc2ccccc2c1=O. The van der Waals surface area contributed by atoms with Crippen LogP contribution in [0.15, 0.2) is 58.5 Å². The molecule has 126 valence electrons. The zero-order chi connectivity index (χ0) is 17.8. The van der Waals surface area contributed by atoms with Crippen LogP contribution in [0.1, 0.15) is 31.7 Å². The molecule has 25 heavy (non-hydrogen) atoms. The van der Waals surface area contributed by atoms with Gasteiger partial charge in [-0.2, -0.15) is 5.26 Å². The molecule has 0 aliphatic carbocycles. The van der Waals surface area contributed by atoms with E-state index in [0.29, 0.717) is 28.2 Å². The van der Waals surface area contributed by atoms with Crippen LogP contribution in [-0.2, 0) is 0 Å². The smallest absolute Gasteiger partial charge is 0.266 e. The molecule has 0 N–H and O–H groups in total. The van der Waals surface area contributed by atoms with Crippen LogP contribution < -0.4 is 5.56 Å². The van der Waals surface area contributed by atoms with E-state index in [0.717, 1.165) is 11.3 Å². The Labute approximate surface area is 151 Å². The first-order chi connectivity index (χ1) is 12.1. The first-order valence-corrected chi connectivity index (χ1v) is 9.23. The Morgan fingerprint density at radius 1 is 1.16 bits per heavy atom. The lowest BCUT2D eigenvalue weighted by atomic mass is 10.0. The van der Waals surface area contributed by atoms with E-state index >= 15 is 0 Å². The minimum absolute atomic E-state index is 0.0712. The Morgan fingerprint density at radius 2 is 1.88 bits per heavy atom. The third-order valence-corrected chi connectivity index (χ3v) is 4.93. The maximum absolute atomic E-state index is 13.2. The molecule has 0 atom stereocenters. The molecule has 2 aromatic carbocycles. The Kier molecular flexibility index (Phi) is 5.20. The summed E-state index contributed by atoms with van der Waals surface area (Å²) in [6, 6.07) is 17.5. The summed E-state index contributed by atoms with van der Waals surface area (Å²) in [5.74, 6) is 0.886. The van der Waals surface area contributed by atoms with Crippen molar-refractivity contribution in [3.63, 3.8) is 0 Å². The lowest BCUT2D eigenvalue weighted by Gasteiger charge is -2.18. The number of para-hydroxylation sites is 2. The highest BCUT2D eigenvalue weighted by molar-refractivity contribution is 7.99. The van der Waals surface area contributed by atoms with Crippen molar-refractivity contribution in [3.8, 4) is 11.8 Å². The summed E-state index contributed by atoms with van der Waals surface area (Å²) >= 11 is 1.45. The van der Waals surface area contributed by atoms with Gasteiger partial charge in [0.15, 0.2) is 5.16 Å². The van der Waals surface area contributed by atoms with Crippen LogP contribution >= 0.6 is 11.8 Å². The average Bonchev–Trinajstić information content (AvgIpc) is 2.62. The molecule has 0 saturated heterocycles. The van der Waals surface area contributed by atoms with Gasteiger partial charge in [-0.25, -0.2) is 4.98 Å². The molecule has 0 bridgehead atoms. The molecule has 1 aromatic heterocycles. The molecule has 0 spiro atoms. The van der Waals surface area contributed by atoms with Crippen molar-refractivity contribution in [2.75, 3.05) is 5.75 Å². The van der Waals surface area contributed by atoms with Crippen molar-refractivity contribution >= 4 is 22.7 Å². The molecular weight excluding hydrogens is 330 g/mol. The largest absolute Gasteiger partial charge is 0.268 e. The molecule has 4 nitrogen and oxygen atoms in total. The minimum Gasteiger partial charge on any atom is -0.268 e. The average molecular weight is 349 g/mol. The van der Waals surface area contributed by atoms with Crippen LogP contribution in [0.2, 0.25) is 0 Å². The first kappa shape index (κ1) is 17.2. The standard InChI is InChI=1S/C20H19N3OS/c1-14(2)15-8-4-6-11-18(15)23-19(24)16-9-3-5-10-17(16)22-20(23)25-13-7-12-21/h3-6,8-11,14H,7,13H2,1-2H3. The third kappa shape index (κ3) is 3.45. The van der Waals surface area contributed by atoms with Crippen LogP contribution in [0, 0.1) is 11.3 Å². The number of fused-ring (bicyclic) bond motifs is 1. The van der Waals surface area contributed by atoms with Gasteiger partial charge in [0.05, 0.1) is 22.7 Å². The lowest BCUT2D eigenvalue weighted by molar-refractivity contribution is 0.780. The van der Waals surface area contributed by atoms with Crippen molar-refractivity contribution in [2.45, 2.75) is 31.3 Å². The molecule has 3 rings (SSSR count). The van der Waals surface area contributed by atoms with Gasteiger partial charge in [-0.1, -0.05) is 55.9 Å². The van der Waals surface area contributed by atoms with Crippen molar-refractivity contribution < 1.29 is 0 Å². The van der Waals surface area contributed by atoms with E-state index in [1.807, 2.05) is 48.5 Å². The molecule has 0 aliphatic heterocycles. The highest BCUT2D eigenvalue weighted by Crippen LogP contribution is 2.27. The number of rotatable bonds is 5. The van der Waals surface area contributed by atoms with E-state index in [1.165, 1.54) is 11.8 Å². The molecule has 0 aliphatic rings. The molecule has 0 saturated carbocycles. The summed E-state index contributed by atoms with van der Waals surface area (Å²) in [5.41, 5.74) is 2.58. The topological polar surface area (TPSA) is 58.7 Å². The quantitative estimate of drug-likeness (QED) is 0.386. The predicted molar refractivity (Wildman–Crippen MR) is 102 cm³/mol. The highest BCUT2D eigenvalue weighted by Gasteiger charge is 2.16. The molecule has 0 fully saturated rings. The van der Waals surface area contributed by atoms with Crippen LogP contribution in [0.3, 0.4) is 0 Å². The van der Waals surface area contributed by atoms with Gasteiger partial charge in [-0.3, -0.25) is 9.36 Å². The summed E-state index contributed by atoms with van der Waals surface area (Å²) < 4.78 is 1.69. The van der Waals surface area contributed by atoms with Crippen molar-refractivity contribution in [1.82, 2.24) is 9.55 Å². The Morgan fingerprint density at radius 3 is 2.64 bits per heavy atom. The van der Waals surface area contributed by atoms with Crippen molar-refractivity contribution in [2.24, 2.45) is 0 Å². The fourth-order valence-electron chi connectivity index (χ4n) is 2.79. The normalized spacial score (nSPS) is 11.0. The van der Waals surface area contributed by atoms with Crippen molar-refractivity contribution in [1.29, 1.82) is 5.26 Å². The van der Waals surface area contributed by atoms with E-state index in [2.05, 4.69) is 19.9 Å². The van der Waals surface area contributed by atoms with Gasteiger partial charge in [0.2, 0.25) is 0 Å². The summed E-state index contributed by atoms with van der Waals surface area (Å²) in [6.45, 7) is 4.22. The zero-order valence-corrected chi connectivity index (χ0v) is 15.1. The minimum atomic E-state index is -0.0712. The van der Waals surface area contributed by atoms with Crippen LogP contribution in [-0.4, -0.2) is 15.3 Å². The molecule has 0 amide bonds. The van der Waals surface area contributed by atoms with E-state index in [9.17, 15) is 4.79 Å². The second-order valence-electron chi connectivity index (χ2n) is 6.02. The maximum atomic E-state index is 13.2. The number of nitrogens with zero attached hydrogens (tertiary/aromatic N) is 3. The van der Waals surface area contributed by atoms with E-state index < -0.39 is 0 Å². The van der Waals surface area contributed by atoms with Gasteiger partial charge in [-0.15, -0.1) is 0 Å². The van der Waals surface area contributed by atoms with E-state index in [1.54, 1.807) is 4.57 Å². The zero-order valence-electron chi connectivity index (χ0n) is 14.3. The van der Waals surface area contributed by atoms with E-state index in [-0.39, 0.29) is 11.5 Å². The maximum Gasteiger partial charge on any atom is 0.266 e. The molecule has 1 heterocycles. The molecule has 0 radical (unpaired) electrons. The summed E-state index contributed by atoms with van der Waals surface area (Å²) in [6.07, 6.45) is 0.416. The molecule has 5 heteroatoms. The molecular formula is C20H19N3OS.